The highest BCUT2D eigenvalue weighted by Gasteiger charge is 2.39. The van der Waals surface area contributed by atoms with Gasteiger partial charge in [-0.3, -0.25) is 0 Å². The van der Waals surface area contributed by atoms with Crippen molar-refractivity contribution in [1.29, 1.82) is 0 Å². The molecule has 0 amide bonds. The maximum absolute atomic E-state index is 9.79. The fraction of sp³-hybridized carbons (Fsp3) is 0.462. The van der Waals surface area contributed by atoms with Crippen LogP contribution in [0.3, 0.4) is 0 Å². The third-order valence-electron chi connectivity index (χ3n) is 3.54. The van der Waals surface area contributed by atoms with Crippen LogP contribution in [0.2, 0.25) is 0 Å². The van der Waals surface area contributed by atoms with Crippen LogP contribution >= 0.6 is 0 Å². The molecule has 1 fully saturated rings. The summed E-state index contributed by atoms with van der Waals surface area (Å²) in [5.41, 5.74) is 3.03. The molecule has 1 N–H and O–H groups in total. The second-order valence-corrected chi connectivity index (χ2v) is 5.15. The molecule has 1 saturated carbocycles. The van der Waals surface area contributed by atoms with Gasteiger partial charge in [0.15, 0.2) is 0 Å². The van der Waals surface area contributed by atoms with Crippen LogP contribution in [0, 0.1) is 6.92 Å². The van der Waals surface area contributed by atoms with E-state index in [4.69, 9.17) is 0 Å². The van der Waals surface area contributed by atoms with Gasteiger partial charge in [0, 0.05) is 6.04 Å². The Morgan fingerprint density at radius 2 is 2.19 bits per heavy atom. The number of aryl methyl sites for hydroxylation is 1. The molecule has 0 saturated heterocycles. The molecule has 2 aromatic rings. The van der Waals surface area contributed by atoms with Crippen LogP contribution in [0.25, 0.3) is 11.0 Å². The average Bonchev–Trinajstić information content (AvgIpc) is 2.59. The summed E-state index contributed by atoms with van der Waals surface area (Å²) in [6, 6.07) is 6.58. The van der Waals surface area contributed by atoms with Crippen molar-refractivity contribution in [2.24, 2.45) is 0 Å². The first kappa shape index (κ1) is 9.85. The van der Waals surface area contributed by atoms with Crippen LogP contribution in [0.4, 0.5) is 0 Å². The topological polar surface area (TPSA) is 38.0 Å². The first-order chi connectivity index (χ1) is 7.57. The van der Waals surface area contributed by atoms with Gasteiger partial charge in [-0.15, -0.1) is 0 Å². The van der Waals surface area contributed by atoms with Gasteiger partial charge in [0.2, 0.25) is 0 Å². The summed E-state index contributed by atoms with van der Waals surface area (Å²) in [4.78, 5) is 4.41. The number of para-hydroxylation sites is 1. The van der Waals surface area contributed by atoms with E-state index < -0.39 is 5.60 Å². The van der Waals surface area contributed by atoms with Crippen molar-refractivity contribution < 1.29 is 5.11 Å². The Kier molecular flexibility index (Phi) is 1.89. The summed E-state index contributed by atoms with van der Waals surface area (Å²) in [6.07, 6.45) is 3.55. The van der Waals surface area contributed by atoms with Crippen molar-refractivity contribution in [2.75, 3.05) is 0 Å². The van der Waals surface area contributed by atoms with E-state index >= 15 is 0 Å². The van der Waals surface area contributed by atoms with Gasteiger partial charge in [-0.1, -0.05) is 12.1 Å². The molecule has 0 spiro atoms. The molecule has 0 aliphatic heterocycles. The van der Waals surface area contributed by atoms with E-state index in [2.05, 4.69) is 22.5 Å². The summed E-state index contributed by atoms with van der Waals surface area (Å²) >= 11 is 0. The van der Waals surface area contributed by atoms with Crippen LogP contribution in [-0.4, -0.2) is 20.3 Å². The van der Waals surface area contributed by atoms with Crippen molar-refractivity contribution in [3.05, 3.63) is 30.1 Å². The quantitative estimate of drug-likeness (QED) is 0.795. The minimum Gasteiger partial charge on any atom is -0.390 e. The number of nitrogens with zero attached hydrogens (tertiary/aromatic N) is 2. The minimum atomic E-state index is -0.482. The predicted molar refractivity (Wildman–Crippen MR) is 63.4 cm³/mol. The Morgan fingerprint density at radius 1 is 1.44 bits per heavy atom. The monoisotopic (exact) mass is 216 g/mol. The summed E-state index contributed by atoms with van der Waals surface area (Å²) < 4.78 is 2.21. The predicted octanol–water partition coefficient (Wildman–Crippen LogP) is 2.43. The number of hydrogen-bond acceptors (Lipinski definition) is 2. The average molecular weight is 216 g/mol. The second-order valence-electron chi connectivity index (χ2n) is 5.15. The molecule has 16 heavy (non-hydrogen) atoms. The number of aromatic nitrogens is 2. The maximum atomic E-state index is 9.79. The van der Waals surface area contributed by atoms with Crippen molar-refractivity contribution >= 4 is 11.0 Å². The summed E-state index contributed by atoms with van der Waals surface area (Å²) in [5.74, 6) is 0. The van der Waals surface area contributed by atoms with Crippen molar-refractivity contribution in [3.63, 3.8) is 0 Å². The highest BCUT2D eigenvalue weighted by molar-refractivity contribution is 5.79. The lowest BCUT2D eigenvalue weighted by atomic mass is 9.77. The van der Waals surface area contributed by atoms with Gasteiger partial charge in [0.1, 0.15) is 0 Å². The molecule has 1 aromatic carbocycles. The minimum absolute atomic E-state index is 0.404. The highest BCUT2D eigenvalue weighted by atomic mass is 16.3. The molecule has 0 unspecified atom stereocenters. The van der Waals surface area contributed by atoms with Crippen LogP contribution in [0.5, 0.6) is 0 Å². The highest BCUT2D eigenvalue weighted by Crippen LogP contribution is 2.42. The second kappa shape index (κ2) is 3.08. The maximum Gasteiger partial charge on any atom is 0.0961 e. The zero-order valence-corrected chi connectivity index (χ0v) is 9.64. The molecule has 1 heterocycles. The molecular weight excluding hydrogens is 200 g/mol. The smallest absolute Gasteiger partial charge is 0.0961 e. The third-order valence-corrected chi connectivity index (χ3v) is 3.54. The lowest BCUT2D eigenvalue weighted by molar-refractivity contribution is -0.0498. The van der Waals surface area contributed by atoms with Crippen molar-refractivity contribution in [3.8, 4) is 0 Å². The number of aliphatic hydroxyl groups is 1. The van der Waals surface area contributed by atoms with Crippen LogP contribution < -0.4 is 0 Å². The van der Waals surface area contributed by atoms with E-state index in [0.29, 0.717) is 6.04 Å². The summed E-state index contributed by atoms with van der Waals surface area (Å²) in [6.45, 7) is 4.01. The Hall–Kier alpha value is -1.35. The van der Waals surface area contributed by atoms with E-state index in [1.807, 2.05) is 25.4 Å². The zero-order chi connectivity index (χ0) is 11.3. The van der Waals surface area contributed by atoms with Crippen molar-refractivity contribution in [1.82, 2.24) is 9.55 Å². The largest absolute Gasteiger partial charge is 0.390 e. The molecule has 84 valence electrons. The number of rotatable bonds is 1. The fourth-order valence-electron chi connectivity index (χ4n) is 2.69. The van der Waals surface area contributed by atoms with Gasteiger partial charge in [-0.25, -0.2) is 4.98 Å². The Bertz CT molecular complexity index is 534. The van der Waals surface area contributed by atoms with E-state index in [0.717, 1.165) is 18.4 Å². The Labute approximate surface area is 94.7 Å². The normalized spacial score (nSPS) is 29.3. The number of fused-ring (bicyclic) bond motifs is 1. The molecule has 0 bridgehead atoms. The SMILES string of the molecule is Cc1cccc2ncn(C3CC(C)(O)C3)c12. The van der Waals surface area contributed by atoms with E-state index in [9.17, 15) is 5.11 Å². The molecule has 0 radical (unpaired) electrons. The van der Waals surface area contributed by atoms with E-state index in [1.165, 1.54) is 11.1 Å². The molecule has 3 heteroatoms. The molecular formula is C13H16N2O. The molecule has 0 atom stereocenters. The first-order valence-corrected chi connectivity index (χ1v) is 5.71. The summed E-state index contributed by atoms with van der Waals surface area (Å²) in [5, 5.41) is 9.79. The zero-order valence-electron chi connectivity index (χ0n) is 9.64. The molecule has 1 aliphatic carbocycles. The molecule has 1 aromatic heterocycles. The van der Waals surface area contributed by atoms with Gasteiger partial charge in [-0.2, -0.15) is 0 Å². The van der Waals surface area contributed by atoms with Gasteiger partial charge in [0.25, 0.3) is 0 Å². The van der Waals surface area contributed by atoms with E-state index in [-0.39, 0.29) is 0 Å². The lowest BCUT2D eigenvalue weighted by Crippen LogP contribution is -2.41. The standard InChI is InChI=1S/C13H16N2O/c1-9-4-3-5-11-12(9)15(8-14-11)10-6-13(2,16)7-10/h3-5,8,10,16H,6-7H2,1-2H3. The third kappa shape index (κ3) is 1.35. The fourth-order valence-corrected chi connectivity index (χ4v) is 2.69. The Balaban J connectivity index is 2.06. The molecule has 3 nitrogen and oxygen atoms in total. The van der Waals surface area contributed by atoms with Crippen molar-refractivity contribution in [2.45, 2.75) is 38.3 Å². The van der Waals surface area contributed by atoms with Gasteiger partial charge in [0.05, 0.1) is 23.0 Å². The summed E-state index contributed by atoms with van der Waals surface area (Å²) in [7, 11) is 0. The lowest BCUT2D eigenvalue weighted by Gasteiger charge is -2.41. The molecule has 1 aliphatic rings. The first-order valence-electron chi connectivity index (χ1n) is 5.71. The van der Waals surface area contributed by atoms with Crippen LogP contribution in [0.1, 0.15) is 31.4 Å². The van der Waals surface area contributed by atoms with Crippen LogP contribution in [0.15, 0.2) is 24.5 Å². The molecule has 3 rings (SSSR count). The van der Waals surface area contributed by atoms with Gasteiger partial charge in [-0.05, 0) is 38.3 Å². The Morgan fingerprint density at radius 3 is 2.88 bits per heavy atom. The number of hydrogen-bond donors (Lipinski definition) is 1. The van der Waals surface area contributed by atoms with Crippen LogP contribution in [-0.2, 0) is 0 Å². The van der Waals surface area contributed by atoms with E-state index in [1.54, 1.807) is 0 Å². The van der Waals surface area contributed by atoms with Gasteiger partial charge < -0.3 is 9.67 Å². The van der Waals surface area contributed by atoms with Gasteiger partial charge >= 0.3 is 0 Å². The number of imidazole rings is 1. The number of benzene rings is 1.